The van der Waals surface area contributed by atoms with E-state index in [9.17, 15) is 8.42 Å². The molecule has 0 atom stereocenters. The lowest BCUT2D eigenvalue weighted by Gasteiger charge is -2.38. The Kier molecular flexibility index (Phi) is 6.00. The molecular formula is C11H25N3O3S. The summed E-state index contributed by atoms with van der Waals surface area (Å²) in [6, 6.07) is 0. The van der Waals surface area contributed by atoms with Crippen LogP contribution in [0, 0.1) is 5.92 Å². The van der Waals surface area contributed by atoms with Crippen molar-refractivity contribution < 1.29 is 13.2 Å². The van der Waals surface area contributed by atoms with Gasteiger partial charge in [-0.1, -0.05) is 6.92 Å². The molecule has 0 bridgehead atoms. The van der Waals surface area contributed by atoms with Gasteiger partial charge in [-0.2, -0.15) is 17.9 Å². The maximum absolute atomic E-state index is 11.9. The Bertz CT molecular complexity index is 337. The molecule has 1 rings (SSSR count). The van der Waals surface area contributed by atoms with Crippen LogP contribution in [-0.4, -0.2) is 40.8 Å². The normalized spacial score (nSPS) is 29.4. The van der Waals surface area contributed by atoms with Gasteiger partial charge in [0.15, 0.2) is 0 Å². The summed E-state index contributed by atoms with van der Waals surface area (Å²) < 4.78 is 33.8. The van der Waals surface area contributed by atoms with Gasteiger partial charge in [-0.25, -0.2) is 0 Å². The molecule has 108 valence electrons. The topological polar surface area (TPSA) is 93.4 Å². The number of methoxy groups -OCH3 is 1. The summed E-state index contributed by atoms with van der Waals surface area (Å²) in [5, 5.41) is 0. The molecule has 1 aliphatic rings. The smallest absolute Gasteiger partial charge is 0.277 e. The first-order valence-corrected chi connectivity index (χ1v) is 7.89. The van der Waals surface area contributed by atoms with Gasteiger partial charge in [0.25, 0.3) is 10.2 Å². The number of hydrogen-bond acceptors (Lipinski definition) is 4. The Morgan fingerprint density at radius 2 is 2.00 bits per heavy atom. The average molecular weight is 279 g/mol. The van der Waals surface area contributed by atoms with Crippen molar-refractivity contribution in [3.63, 3.8) is 0 Å². The van der Waals surface area contributed by atoms with Crippen molar-refractivity contribution in [2.24, 2.45) is 11.7 Å². The Balaban J connectivity index is 2.56. The highest BCUT2D eigenvalue weighted by molar-refractivity contribution is 7.87. The van der Waals surface area contributed by atoms with Crippen molar-refractivity contribution in [2.45, 2.75) is 38.1 Å². The van der Waals surface area contributed by atoms with E-state index >= 15 is 0 Å². The lowest BCUT2D eigenvalue weighted by Crippen LogP contribution is -2.58. The van der Waals surface area contributed by atoms with Gasteiger partial charge in [-0.3, -0.25) is 0 Å². The van der Waals surface area contributed by atoms with Crippen LogP contribution >= 0.6 is 0 Å². The maximum Gasteiger partial charge on any atom is 0.277 e. The number of nitrogens with one attached hydrogen (secondary N) is 2. The number of nitrogens with two attached hydrogens (primary N) is 1. The first-order chi connectivity index (χ1) is 8.43. The molecule has 0 amide bonds. The zero-order valence-corrected chi connectivity index (χ0v) is 12.1. The summed E-state index contributed by atoms with van der Waals surface area (Å²) in [5.74, 6) is 0.649. The second-order valence-electron chi connectivity index (χ2n) is 5.16. The summed E-state index contributed by atoms with van der Waals surface area (Å²) in [7, 11) is -1.97. The van der Waals surface area contributed by atoms with Crippen molar-refractivity contribution in [2.75, 3.05) is 26.8 Å². The van der Waals surface area contributed by atoms with Gasteiger partial charge >= 0.3 is 0 Å². The summed E-state index contributed by atoms with van der Waals surface area (Å²) in [4.78, 5) is 0. The minimum absolute atomic E-state index is 0.267. The van der Waals surface area contributed by atoms with Gasteiger partial charge < -0.3 is 10.5 Å². The van der Waals surface area contributed by atoms with E-state index in [-0.39, 0.29) is 6.54 Å². The van der Waals surface area contributed by atoms with E-state index in [4.69, 9.17) is 10.5 Å². The van der Waals surface area contributed by atoms with Crippen LogP contribution in [0.4, 0.5) is 0 Å². The minimum atomic E-state index is -3.50. The Hall–Kier alpha value is -0.210. The van der Waals surface area contributed by atoms with Crippen LogP contribution in [0.25, 0.3) is 0 Å². The predicted molar refractivity (Wildman–Crippen MR) is 71.4 cm³/mol. The first-order valence-electron chi connectivity index (χ1n) is 6.40. The van der Waals surface area contributed by atoms with Crippen LogP contribution < -0.4 is 15.2 Å². The van der Waals surface area contributed by atoms with Gasteiger partial charge in [-0.15, -0.1) is 0 Å². The molecule has 7 heteroatoms. The molecule has 6 nitrogen and oxygen atoms in total. The van der Waals surface area contributed by atoms with Gasteiger partial charge in [0, 0.05) is 25.7 Å². The second-order valence-corrected chi connectivity index (χ2v) is 6.66. The van der Waals surface area contributed by atoms with Crippen molar-refractivity contribution in [1.82, 2.24) is 9.44 Å². The lowest BCUT2D eigenvalue weighted by molar-refractivity contribution is 0.203. The van der Waals surface area contributed by atoms with E-state index < -0.39 is 15.7 Å². The van der Waals surface area contributed by atoms with Gasteiger partial charge in [0.2, 0.25) is 0 Å². The van der Waals surface area contributed by atoms with Crippen LogP contribution in [0.3, 0.4) is 0 Å². The summed E-state index contributed by atoms with van der Waals surface area (Å²) in [6.07, 6.45) is 3.63. The van der Waals surface area contributed by atoms with E-state index in [0.29, 0.717) is 19.1 Å². The summed E-state index contributed by atoms with van der Waals surface area (Å²) in [5.41, 5.74) is 5.29. The van der Waals surface area contributed by atoms with E-state index in [2.05, 4.69) is 16.4 Å². The van der Waals surface area contributed by atoms with Crippen LogP contribution in [0.5, 0.6) is 0 Å². The second kappa shape index (κ2) is 6.81. The predicted octanol–water partition coefficient (Wildman–Crippen LogP) is -0.0356. The Morgan fingerprint density at radius 3 is 2.50 bits per heavy atom. The molecule has 0 aromatic heterocycles. The van der Waals surface area contributed by atoms with Crippen molar-refractivity contribution in [3.05, 3.63) is 0 Å². The molecule has 0 saturated heterocycles. The zero-order valence-electron chi connectivity index (χ0n) is 11.2. The number of ether oxygens (including phenoxy) is 1. The molecule has 0 aromatic carbocycles. The average Bonchev–Trinajstić information content (AvgIpc) is 2.32. The molecule has 0 heterocycles. The van der Waals surface area contributed by atoms with Crippen molar-refractivity contribution in [1.29, 1.82) is 0 Å². The Morgan fingerprint density at radius 1 is 1.39 bits per heavy atom. The third-order valence-corrected chi connectivity index (χ3v) is 4.86. The third kappa shape index (κ3) is 4.81. The highest BCUT2D eigenvalue weighted by atomic mass is 32.2. The highest BCUT2D eigenvalue weighted by Crippen LogP contribution is 2.31. The SMILES string of the molecule is COCCNS(=O)(=O)NC1(CN)CCC(C)CC1. The number of hydrogen-bond donors (Lipinski definition) is 3. The van der Waals surface area contributed by atoms with E-state index in [1.54, 1.807) is 0 Å². The molecule has 1 saturated carbocycles. The third-order valence-electron chi connectivity index (χ3n) is 3.57. The molecular weight excluding hydrogens is 254 g/mol. The molecule has 0 aliphatic heterocycles. The van der Waals surface area contributed by atoms with Crippen molar-refractivity contribution >= 4 is 10.2 Å². The summed E-state index contributed by atoms with van der Waals surface area (Å²) in [6.45, 7) is 3.15. The van der Waals surface area contributed by atoms with Crippen LogP contribution in [-0.2, 0) is 14.9 Å². The monoisotopic (exact) mass is 279 g/mol. The molecule has 0 unspecified atom stereocenters. The van der Waals surface area contributed by atoms with Crippen LogP contribution in [0.2, 0.25) is 0 Å². The molecule has 0 aromatic rings. The molecule has 18 heavy (non-hydrogen) atoms. The molecule has 0 radical (unpaired) electrons. The highest BCUT2D eigenvalue weighted by Gasteiger charge is 2.36. The van der Waals surface area contributed by atoms with Gasteiger partial charge in [0.1, 0.15) is 0 Å². The lowest BCUT2D eigenvalue weighted by atomic mass is 9.78. The van der Waals surface area contributed by atoms with Crippen LogP contribution in [0.15, 0.2) is 0 Å². The largest absolute Gasteiger partial charge is 0.383 e. The minimum Gasteiger partial charge on any atom is -0.383 e. The first kappa shape index (κ1) is 15.8. The van der Waals surface area contributed by atoms with E-state index in [1.807, 2.05) is 0 Å². The zero-order chi connectivity index (χ0) is 13.6. The fraction of sp³-hybridized carbons (Fsp3) is 1.00. The number of rotatable bonds is 7. The maximum atomic E-state index is 11.9. The molecule has 1 fully saturated rings. The standard InChI is InChI=1S/C11H25N3O3S/c1-10-3-5-11(9-12,6-4-10)14-18(15,16)13-7-8-17-2/h10,13-14H,3-9,12H2,1-2H3. The van der Waals surface area contributed by atoms with Gasteiger partial charge in [-0.05, 0) is 31.6 Å². The molecule has 0 spiro atoms. The molecule has 4 N–H and O–H groups in total. The van der Waals surface area contributed by atoms with Crippen LogP contribution in [0.1, 0.15) is 32.6 Å². The quantitative estimate of drug-likeness (QED) is 0.570. The van der Waals surface area contributed by atoms with E-state index in [0.717, 1.165) is 25.7 Å². The molecule has 1 aliphatic carbocycles. The van der Waals surface area contributed by atoms with E-state index in [1.165, 1.54) is 7.11 Å². The fourth-order valence-electron chi connectivity index (χ4n) is 2.26. The Labute approximate surface area is 110 Å². The summed E-state index contributed by atoms with van der Waals surface area (Å²) >= 11 is 0. The fourth-order valence-corrected chi connectivity index (χ4v) is 3.54. The van der Waals surface area contributed by atoms with Gasteiger partial charge in [0.05, 0.1) is 6.61 Å². The van der Waals surface area contributed by atoms with Crippen molar-refractivity contribution in [3.8, 4) is 0 Å².